The molecule has 0 N–H and O–H groups in total. The Morgan fingerprint density at radius 1 is 1.54 bits per heavy atom. The molecule has 2 rings (SSSR count). The minimum absolute atomic E-state index is 0.218. The fourth-order valence-electron chi connectivity index (χ4n) is 1.45. The van der Waals surface area contributed by atoms with Crippen molar-refractivity contribution in [2.45, 2.75) is 19.4 Å². The number of allylic oxidation sites excluding steroid dienone is 1. The van der Waals surface area contributed by atoms with Gasteiger partial charge < -0.3 is 0 Å². The lowest BCUT2D eigenvalue weighted by Crippen LogP contribution is -2.09. The molecule has 13 heavy (non-hydrogen) atoms. The molecular formula is C9H9BrN2O. The van der Waals surface area contributed by atoms with Crippen LogP contribution in [0.3, 0.4) is 0 Å². The minimum atomic E-state index is 0.218. The number of hydrogen-bond acceptors (Lipinski definition) is 2. The number of rotatable bonds is 0. The molecule has 0 saturated carbocycles. The monoisotopic (exact) mass is 240 g/mol. The maximum Gasteiger partial charge on any atom is 0.154 e. The standard InChI is InChI=1S/C9H9BrN2O/c1-6-2-3-7(13)5-12-8(6)4-9(10)11-12/h4H,1-3,5H2. The van der Waals surface area contributed by atoms with Crippen molar-refractivity contribution in [1.29, 1.82) is 0 Å². The van der Waals surface area contributed by atoms with Gasteiger partial charge in [-0.25, -0.2) is 0 Å². The summed E-state index contributed by atoms with van der Waals surface area (Å²) in [5.41, 5.74) is 1.96. The summed E-state index contributed by atoms with van der Waals surface area (Å²) in [6, 6.07) is 1.90. The number of fused-ring (bicyclic) bond motifs is 1. The van der Waals surface area contributed by atoms with E-state index in [0.717, 1.165) is 22.3 Å². The molecule has 1 aliphatic rings. The Morgan fingerprint density at radius 3 is 3.08 bits per heavy atom. The van der Waals surface area contributed by atoms with Gasteiger partial charge in [0.25, 0.3) is 0 Å². The molecule has 0 fully saturated rings. The van der Waals surface area contributed by atoms with E-state index in [1.54, 1.807) is 4.68 Å². The van der Waals surface area contributed by atoms with Gasteiger partial charge >= 0.3 is 0 Å². The molecule has 0 saturated heterocycles. The van der Waals surface area contributed by atoms with E-state index in [0.29, 0.717) is 13.0 Å². The molecule has 0 radical (unpaired) electrons. The van der Waals surface area contributed by atoms with Gasteiger partial charge in [-0.2, -0.15) is 5.10 Å². The Morgan fingerprint density at radius 2 is 2.31 bits per heavy atom. The molecule has 0 amide bonds. The topological polar surface area (TPSA) is 34.9 Å². The predicted molar refractivity (Wildman–Crippen MR) is 53.2 cm³/mol. The van der Waals surface area contributed by atoms with E-state index in [2.05, 4.69) is 27.6 Å². The number of aromatic nitrogens is 2. The van der Waals surface area contributed by atoms with Crippen LogP contribution in [0.25, 0.3) is 5.57 Å². The molecule has 3 nitrogen and oxygen atoms in total. The first kappa shape index (κ1) is 8.69. The van der Waals surface area contributed by atoms with Crippen molar-refractivity contribution in [3.8, 4) is 0 Å². The highest BCUT2D eigenvalue weighted by atomic mass is 79.9. The molecule has 0 aliphatic carbocycles. The van der Waals surface area contributed by atoms with Gasteiger partial charge in [0.05, 0.1) is 5.69 Å². The summed E-state index contributed by atoms with van der Waals surface area (Å²) in [5.74, 6) is 0.218. The SMILES string of the molecule is C=C1CCC(=O)Cn2nc(Br)cc21. The lowest BCUT2D eigenvalue weighted by atomic mass is 10.1. The first-order chi connectivity index (χ1) is 6.16. The van der Waals surface area contributed by atoms with Gasteiger partial charge in [-0.3, -0.25) is 9.48 Å². The number of carbonyl (C=O) groups excluding carboxylic acids is 1. The lowest BCUT2D eigenvalue weighted by molar-refractivity contribution is -0.119. The summed E-state index contributed by atoms with van der Waals surface area (Å²) in [5, 5.41) is 4.16. The van der Waals surface area contributed by atoms with Crippen molar-refractivity contribution in [2.75, 3.05) is 0 Å². The molecule has 1 aromatic heterocycles. The van der Waals surface area contributed by atoms with E-state index < -0.39 is 0 Å². The van der Waals surface area contributed by atoms with Crippen LogP contribution in [0.4, 0.5) is 0 Å². The number of hydrogen-bond donors (Lipinski definition) is 0. The van der Waals surface area contributed by atoms with Gasteiger partial charge in [0.1, 0.15) is 11.1 Å². The van der Waals surface area contributed by atoms with Crippen molar-refractivity contribution < 1.29 is 4.79 Å². The molecule has 68 valence electrons. The molecule has 1 aromatic rings. The molecule has 0 atom stereocenters. The zero-order valence-corrected chi connectivity index (χ0v) is 8.67. The molecule has 0 bridgehead atoms. The highest BCUT2D eigenvalue weighted by molar-refractivity contribution is 9.10. The second-order valence-corrected chi connectivity index (χ2v) is 3.96. The van der Waals surface area contributed by atoms with E-state index in [1.165, 1.54) is 0 Å². The molecular weight excluding hydrogens is 232 g/mol. The van der Waals surface area contributed by atoms with Crippen LogP contribution < -0.4 is 0 Å². The Balaban J connectivity index is 2.48. The average Bonchev–Trinajstić information content (AvgIpc) is 2.37. The molecule has 1 aliphatic heterocycles. The summed E-state index contributed by atoms with van der Waals surface area (Å²) in [4.78, 5) is 11.3. The number of ketones is 1. The first-order valence-corrected chi connectivity index (χ1v) is 4.89. The maximum absolute atomic E-state index is 11.3. The predicted octanol–water partition coefficient (Wildman–Crippen LogP) is 2.02. The van der Waals surface area contributed by atoms with Gasteiger partial charge in [-0.15, -0.1) is 0 Å². The summed E-state index contributed by atoms with van der Waals surface area (Å²) in [6.45, 7) is 4.30. The van der Waals surface area contributed by atoms with Gasteiger partial charge in [0, 0.05) is 6.42 Å². The zero-order valence-electron chi connectivity index (χ0n) is 7.09. The van der Waals surface area contributed by atoms with Gasteiger partial charge in [-0.1, -0.05) is 6.58 Å². The molecule has 0 spiro atoms. The van der Waals surface area contributed by atoms with Gasteiger partial charge in [0.15, 0.2) is 5.78 Å². The normalized spacial score (nSPS) is 17.0. The molecule has 4 heteroatoms. The largest absolute Gasteiger partial charge is 0.298 e. The van der Waals surface area contributed by atoms with Gasteiger partial charge in [-0.05, 0) is 34.0 Å². The third-order valence-electron chi connectivity index (χ3n) is 2.14. The average molecular weight is 241 g/mol. The van der Waals surface area contributed by atoms with Crippen molar-refractivity contribution in [3.63, 3.8) is 0 Å². The quantitative estimate of drug-likeness (QED) is 0.696. The van der Waals surface area contributed by atoms with E-state index in [9.17, 15) is 4.79 Å². The number of halogens is 1. The molecule has 0 unspecified atom stereocenters. The summed E-state index contributed by atoms with van der Waals surface area (Å²) in [7, 11) is 0. The second kappa shape index (κ2) is 3.10. The Bertz CT molecular complexity index is 381. The highest BCUT2D eigenvalue weighted by Crippen LogP contribution is 2.24. The Kier molecular flexibility index (Phi) is 2.07. The lowest BCUT2D eigenvalue weighted by Gasteiger charge is -2.00. The van der Waals surface area contributed by atoms with Crippen LogP contribution >= 0.6 is 15.9 Å². The van der Waals surface area contributed by atoms with Crippen LogP contribution in [0.2, 0.25) is 0 Å². The minimum Gasteiger partial charge on any atom is -0.298 e. The zero-order chi connectivity index (χ0) is 9.42. The molecule has 2 heterocycles. The van der Waals surface area contributed by atoms with Crippen LogP contribution in [-0.2, 0) is 11.3 Å². The van der Waals surface area contributed by atoms with Crippen molar-refractivity contribution in [3.05, 3.63) is 22.9 Å². The van der Waals surface area contributed by atoms with E-state index >= 15 is 0 Å². The third kappa shape index (κ3) is 1.58. The van der Waals surface area contributed by atoms with Crippen LogP contribution in [0.5, 0.6) is 0 Å². The van der Waals surface area contributed by atoms with Crippen molar-refractivity contribution in [1.82, 2.24) is 9.78 Å². The Hall–Kier alpha value is -0.900. The smallest absolute Gasteiger partial charge is 0.154 e. The third-order valence-corrected chi connectivity index (χ3v) is 2.53. The number of carbonyl (C=O) groups is 1. The van der Waals surface area contributed by atoms with E-state index in [-0.39, 0.29) is 5.78 Å². The molecule has 0 aromatic carbocycles. The number of nitrogens with zero attached hydrogens (tertiary/aromatic N) is 2. The second-order valence-electron chi connectivity index (χ2n) is 3.15. The number of Topliss-reactive ketones (excluding diaryl/α,β-unsaturated/α-hetero) is 1. The van der Waals surface area contributed by atoms with E-state index in [4.69, 9.17) is 0 Å². The van der Waals surface area contributed by atoms with Crippen molar-refractivity contribution >= 4 is 27.3 Å². The van der Waals surface area contributed by atoms with Crippen LogP contribution in [-0.4, -0.2) is 15.6 Å². The fraction of sp³-hybridized carbons (Fsp3) is 0.333. The van der Waals surface area contributed by atoms with Crippen LogP contribution in [0.1, 0.15) is 18.5 Å². The van der Waals surface area contributed by atoms with E-state index in [1.807, 2.05) is 6.07 Å². The summed E-state index contributed by atoms with van der Waals surface area (Å²) < 4.78 is 2.47. The highest BCUT2D eigenvalue weighted by Gasteiger charge is 2.17. The summed E-state index contributed by atoms with van der Waals surface area (Å²) in [6.07, 6.45) is 1.33. The van der Waals surface area contributed by atoms with Crippen LogP contribution in [0.15, 0.2) is 17.2 Å². The maximum atomic E-state index is 11.3. The Labute approximate surface area is 84.6 Å². The van der Waals surface area contributed by atoms with Crippen LogP contribution in [0, 0.1) is 0 Å². The first-order valence-electron chi connectivity index (χ1n) is 4.10. The van der Waals surface area contributed by atoms with Gasteiger partial charge in [0.2, 0.25) is 0 Å². The fourth-order valence-corrected chi connectivity index (χ4v) is 1.86. The van der Waals surface area contributed by atoms with Crippen molar-refractivity contribution in [2.24, 2.45) is 0 Å². The summed E-state index contributed by atoms with van der Waals surface area (Å²) >= 11 is 3.28.